The van der Waals surface area contributed by atoms with E-state index in [-0.39, 0.29) is 5.91 Å². The van der Waals surface area contributed by atoms with Crippen molar-refractivity contribution in [1.29, 1.82) is 0 Å². The summed E-state index contributed by atoms with van der Waals surface area (Å²) in [4.78, 5) is 14.4. The number of piperidine rings is 1. The first-order valence-electron chi connectivity index (χ1n) is 6.80. The monoisotopic (exact) mass is 282 g/mol. The number of amides is 1. The van der Waals surface area contributed by atoms with Crippen molar-refractivity contribution >= 4 is 23.3 Å². The van der Waals surface area contributed by atoms with Crippen LogP contribution in [0.1, 0.15) is 37.0 Å². The predicted octanol–water partition coefficient (Wildman–Crippen LogP) is 1.58. The highest BCUT2D eigenvalue weighted by atomic mass is 32.1. The molecule has 0 saturated carbocycles. The minimum atomic E-state index is -0.0995. The number of carbonyl (C=O) groups is 1. The van der Waals surface area contributed by atoms with Gasteiger partial charge in [0, 0.05) is 18.0 Å². The minimum absolute atomic E-state index is 0.0995. The molecular formula is C13H22N4OS. The lowest BCUT2D eigenvalue weighted by atomic mass is 9.96. The molecule has 1 fully saturated rings. The summed E-state index contributed by atoms with van der Waals surface area (Å²) < 4.78 is 3.91. The Morgan fingerprint density at radius 1 is 1.58 bits per heavy atom. The third-order valence-corrected chi connectivity index (χ3v) is 4.42. The normalized spacial score (nSPS) is 17.8. The number of nitrogens with zero attached hydrogens (tertiary/aromatic N) is 2. The van der Waals surface area contributed by atoms with Gasteiger partial charge in [-0.1, -0.05) is 0 Å². The number of hydrogen-bond donors (Lipinski definition) is 2. The van der Waals surface area contributed by atoms with Gasteiger partial charge in [0.15, 0.2) is 0 Å². The number of hydrogen-bond acceptors (Lipinski definition) is 5. The second-order valence-corrected chi connectivity index (χ2v) is 6.03. The van der Waals surface area contributed by atoms with E-state index in [9.17, 15) is 4.79 Å². The minimum Gasteiger partial charge on any atom is -0.382 e. The van der Waals surface area contributed by atoms with E-state index in [2.05, 4.69) is 28.4 Å². The molecule has 1 aliphatic rings. The summed E-state index contributed by atoms with van der Waals surface area (Å²) in [5, 5.41) is 4.67. The Hall–Kier alpha value is -1.14. The first-order chi connectivity index (χ1) is 9.08. The molecule has 0 aliphatic carbocycles. The molecule has 0 unspecified atom stereocenters. The highest BCUT2D eigenvalue weighted by Crippen LogP contribution is 2.18. The van der Waals surface area contributed by atoms with Crippen LogP contribution in [0, 0.1) is 5.92 Å². The van der Waals surface area contributed by atoms with Gasteiger partial charge in [0.25, 0.3) is 5.91 Å². The Bertz CT molecular complexity index is 424. The van der Waals surface area contributed by atoms with Crippen LogP contribution in [0.2, 0.25) is 0 Å². The van der Waals surface area contributed by atoms with Crippen LogP contribution in [-0.2, 0) is 0 Å². The summed E-state index contributed by atoms with van der Waals surface area (Å²) in [6.07, 6.45) is 2.30. The Labute approximate surface area is 118 Å². The van der Waals surface area contributed by atoms with Crippen molar-refractivity contribution in [2.75, 3.05) is 25.4 Å². The van der Waals surface area contributed by atoms with E-state index in [0.717, 1.165) is 32.5 Å². The van der Waals surface area contributed by atoms with Crippen molar-refractivity contribution in [3.8, 4) is 0 Å². The predicted molar refractivity (Wildman–Crippen MR) is 78.3 cm³/mol. The number of anilines is 1. The molecule has 106 valence electrons. The lowest BCUT2D eigenvalue weighted by Crippen LogP contribution is -2.41. The zero-order valence-electron chi connectivity index (χ0n) is 11.6. The fourth-order valence-corrected chi connectivity index (χ4v) is 3.02. The van der Waals surface area contributed by atoms with Gasteiger partial charge in [-0.2, -0.15) is 4.37 Å². The summed E-state index contributed by atoms with van der Waals surface area (Å²) in [5.74, 6) is 0.807. The van der Waals surface area contributed by atoms with Gasteiger partial charge in [0.2, 0.25) is 0 Å². The molecule has 0 atom stereocenters. The van der Waals surface area contributed by atoms with E-state index in [0.29, 0.717) is 23.3 Å². The van der Waals surface area contributed by atoms with Gasteiger partial charge in [-0.3, -0.25) is 4.79 Å². The summed E-state index contributed by atoms with van der Waals surface area (Å²) >= 11 is 1.22. The van der Waals surface area contributed by atoms with Gasteiger partial charge in [0.1, 0.15) is 5.82 Å². The molecule has 5 nitrogen and oxygen atoms in total. The molecular weight excluding hydrogens is 260 g/mol. The molecule has 2 rings (SSSR count). The average Bonchev–Trinajstić information content (AvgIpc) is 2.83. The Morgan fingerprint density at radius 3 is 2.79 bits per heavy atom. The average molecular weight is 282 g/mol. The van der Waals surface area contributed by atoms with Crippen LogP contribution < -0.4 is 11.1 Å². The Morgan fingerprint density at radius 2 is 2.26 bits per heavy atom. The molecule has 1 amide bonds. The van der Waals surface area contributed by atoms with Crippen LogP contribution in [0.3, 0.4) is 0 Å². The molecule has 1 aromatic heterocycles. The molecule has 0 spiro atoms. The highest BCUT2D eigenvalue weighted by molar-refractivity contribution is 7.04. The summed E-state index contributed by atoms with van der Waals surface area (Å²) in [5.41, 5.74) is 6.14. The first kappa shape index (κ1) is 14.3. The summed E-state index contributed by atoms with van der Waals surface area (Å²) in [6.45, 7) is 7.45. The van der Waals surface area contributed by atoms with E-state index in [4.69, 9.17) is 5.73 Å². The van der Waals surface area contributed by atoms with Gasteiger partial charge in [-0.25, -0.2) is 0 Å². The number of nitrogens with one attached hydrogen (secondary N) is 1. The Balaban J connectivity index is 1.75. The zero-order chi connectivity index (χ0) is 13.8. The van der Waals surface area contributed by atoms with Crippen molar-refractivity contribution in [3.63, 3.8) is 0 Å². The maximum Gasteiger partial charge on any atom is 0.255 e. The van der Waals surface area contributed by atoms with Crippen LogP contribution >= 0.6 is 11.5 Å². The molecule has 1 saturated heterocycles. The van der Waals surface area contributed by atoms with Gasteiger partial charge in [0.05, 0.1) is 5.56 Å². The number of likely N-dealkylation sites (tertiary alicyclic amines) is 1. The molecule has 19 heavy (non-hydrogen) atoms. The fourth-order valence-electron chi connectivity index (χ4n) is 2.42. The standard InChI is InChI=1S/C13H22N4OS/c1-9(2)17-5-3-10(4-6-17)7-15-13(18)11-8-19-16-12(11)14/h8-10H,3-7H2,1-2H3,(H2,14,16)(H,15,18). The summed E-state index contributed by atoms with van der Waals surface area (Å²) in [6, 6.07) is 0.618. The third kappa shape index (κ3) is 3.67. The molecule has 0 aromatic carbocycles. The van der Waals surface area contributed by atoms with E-state index < -0.39 is 0 Å². The molecule has 3 N–H and O–H groups in total. The van der Waals surface area contributed by atoms with Crippen LogP contribution in [-0.4, -0.2) is 40.9 Å². The van der Waals surface area contributed by atoms with Gasteiger partial charge in [-0.05, 0) is 57.2 Å². The van der Waals surface area contributed by atoms with E-state index in [1.807, 2.05) is 0 Å². The van der Waals surface area contributed by atoms with Crippen molar-refractivity contribution in [3.05, 3.63) is 10.9 Å². The largest absolute Gasteiger partial charge is 0.382 e. The molecule has 0 bridgehead atoms. The molecule has 6 heteroatoms. The van der Waals surface area contributed by atoms with Crippen LogP contribution in [0.4, 0.5) is 5.82 Å². The van der Waals surface area contributed by atoms with Crippen LogP contribution in [0.25, 0.3) is 0 Å². The Kier molecular flexibility index (Phi) is 4.76. The van der Waals surface area contributed by atoms with Gasteiger partial charge >= 0.3 is 0 Å². The quantitative estimate of drug-likeness (QED) is 0.879. The zero-order valence-corrected chi connectivity index (χ0v) is 12.4. The fraction of sp³-hybridized carbons (Fsp3) is 0.692. The maximum absolute atomic E-state index is 11.9. The van der Waals surface area contributed by atoms with Gasteiger partial charge < -0.3 is 16.0 Å². The van der Waals surface area contributed by atoms with E-state index >= 15 is 0 Å². The van der Waals surface area contributed by atoms with Crippen LogP contribution in [0.15, 0.2) is 5.38 Å². The lowest BCUT2D eigenvalue weighted by molar-refractivity contribution is 0.0931. The highest BCUT2D eigenvalue weighted by Gasteiger charge is 2.21. The first-order valence-corrected chi connectivity index (χ1v) is 7.63. The second kappa shape index (κ2) is 6.34. The topological polar surface area (TPSA) is 71.2 Å². The summed E-state index contributed by atoms with van der Waals surface area (Å²) in [7, 11) is 0. The lowest BCUT2D eigenvalue weighted by Gasteiger charge is -2.34. The molecule has 2 heterocycles. The third-order valence-electron chi connectivity index (χ3n) is 3.77. The maximum atomic E-state index is 11.9. The SMILES string of the molecule is CC(C)N1CCC(CNC(=O)c2csnc2N)CC1. The van der Waals surface area contributed by atoms with Crippen molar-refractivity contribution in [2.24, 2.45) is 5.92 Å². The molecule has 1 aromatic rings. The number of aromatic nitrogens is 1. The molecule has 1 aliphatic heterocycles. The number of rotatable bonds is 4. The van der Waals surface area contributed by atoms with Gasteiger partial charge in [-0.15, -0.1) is 0 Å². The smallest absolute Gasteiger partial charge is 0.255 e. The van der Waals surface area contributed by atoms with E-state index in [1.54, 1.807) is 5.38 Å². The van der Waals surface area contributed by atoms with E-state index in [1.165, 1.54) is 11.5 Å². The second-order valence-electron chi connectivity index (χ2n) is 5.40. The van der Waals surface area contributed by atoms with Crippen molar-refractivity contribution in [1.82, 2.24) is 14.6 Å². The number of nitrogen functional groups attached to an aromatic ring is 1. The van der Waals surface area contributed by atoms with Crippen LogP contribution in [0.5, 0.6) is 0 Å². The van der Waals surface area contributed by atoms with Crippen molar-refractivity contribution in [2.45, 2.75) is 32.7 Å². The van der Waals surface area contributed by atoms with Crippen molar-refractivity contribution < 1.29 is 4.79 Å². The number of carbonyl (C=O) groups excluding carboxylic acids is 1. The number of nitrogens with two attached hydrogens (primary N) is 1. The molecule has 0 radical (unpaired) electrons.